The van der Waals surface area contributed by atoms with E-state index in [1.165, 1.54) is 10.6 Å². The van der Waals surface area contributed by atoms with Crippen molar-refractivity contribution < 1.29 is 22.4 Å². The molecule has 0 atom stereocenters. The highest BCUT2D eigenvalue weighted by Gasteiger charge is 2.30. The Morgan fingerprint density at radius 1 is 1.19 bits per heavy atom. The van der Waals surface area contributed by atoms with E-state index in [9.17, 15) is 18.0 Å². The highest BCUT2D eigenvalue weighted by atomic mass is 35.5. The maximum atomic E-state index is 12.5. The van der Waals surface area contributed by atoms with E-state index in [0.29, 0.717) is 17.5 Å². The Kier molecular flexibility index (Phi) is 6.11. The molecule has 1 saturated carbocycles. The number of nitrogens with one attached hydrogen (secondary N) is 1. The van der Waals surface area contributed by atoms with Gasteiger partial charge in [0.25, 0.3) is 0 Å². The number of esters is 1. The average Bonchev–Trinajstić information content (AvgIpc) is 3.45. The van der Waals surface area contributed by atoms with Crippen LogP contribution in [0, 0.1) is 0 Å². The van der Waals surface area contributed by atoms with Crippen molar-refractivity contribution >= 4 is 50.3 Å². The van der Waals surface area contributed by atoms with Gasteiger partial charge in [-0.2, -0.15) is 0 Å². The van der Waals surface area contributed by atoms with E-state index in [1.807, 2.05) is 0 Å². The van der Waals surface area contributed by atoms with Gasteiger partial charge in [0, 0.05) is 12.6 Å². The summed E-state index contributed by atoms with van der Waals surface area (Å²) in [6, 6.07) is 9.22. The number of benzene rings is 2. The third-order valence-corrected chi connectivity index (χ3v) is 7.06. The third kappa shape index (κ3) is 4.79. The van der Waals surface area contributed by atoms with Crippen molar-refractivity contribution in [1.29, 1.82) is 0 Å². The lowest BCUT2D eigenvalue weighted by atomic mass is 10.2. The van der Waals surface area contributed by atoms with Crippen LogP contribution in [0.3, 0.4) is 0 Å². The first-order valence-corrected chi connectivity index (χ1v) is 11.8. The second kappa shape index (κ2) is 8.66. The summed E-state index contributed by atoms with van der Waals surface area (Å²) in [6.07, 6.45) is 1.86. The summed E-state index contributed by atoms with van der Waals surface area (Å²) in [4.78, 5) is 24.2. The number of sulfonamides is 1. The largest absolute Gasteiger partial charge is 0.462 e. The summed E-state index contributed by atoms with van der Waals surface area (Å²) in [7, 11) is -3.88. The first kappa shape index (κ1) is 21.9. The van der Waals surface area contributed by atoms with Crippen LogP contribution in [-0.4, -0.2) is 31.6 Å². The zero-order chi connectivity index (χ0) is 22.2. The molecule has 1 fully saturated rings. The van der Waals surface area contributed by atoms with Crippen molar-refractivity contribution in [3.8, 4) is 0 Å². The molecular weight excluding hydrogens is 467 g/mol. The van der Waals surface area contributed by atoms with Gasteiger partial charge >= 0.3 is 11.7 Å². The van der Waals surface area contributed by atoms with Gasteiger partial charge in [-0.25, -0.2) is 22.7 Å². The highest BCUT2D eigenvalue weighted by molar-refractivity contribution is 7.89. The van der Waals surface area contributed by atoms with Crippen molar-refractivity contribution in [1.82, 2.24) is 9.29 Å². The molecule has 3 aromatic rings. The SMILES string of the molecule is O=C(OCCCn1c(=O)oc2ccccc21)c1cc(S(=O)(=O)NC2CC2)c(Cl)cc1Cl. The first-order chi connectivity index (χ1) is 14.8. The fraction of sp³-hybridized carbons (Fsp3) is 0.300. The van der Waals surface area contributed by atoms with Gasteiger partial charge in [0.1, 0.15) is 4.90 Å². The Morgan fingerprint density at radius 2 is 1.94 bits per heavy atom. The summed E-state index contributed by atoms with van der Waals surface area (Å²) < 4.78 is 39.3. The summed E-state index contributed by atoms with van der Waals surface area (Å²) in [5, 5.41) is -0.0988. The third-order valence-electron chi connectivity index (χ3n) is 4.76. The minimum atomic E-state index is -3.88. The second-order valence-electron chi connectivity index (χ2n) is 7.13. The Labute approximate surface area is 187 Å². The molecule has 11 heteroatoms. The van der Waals surface area contributed by atoms with E-state index < -0.39 is 21.7 Å². The predicted octanol–water partition coefficient (Wildman–Crippen LogP) is 3.59. The van der Waals surface area contributed by atoms with Gasteiger partial charge in [0.2, 0.25) is 10.0 Å². The summed E-state index contributed by atoms with van der Waals surface area (Å²) in [5.74, 6) is -1.28. The van der Waals surface area contributed by atoms with Crippen LogP contribution in [0.25, 0.3) is 11.1 Å². The number of carbonyl (C=O) groups excluding carboxylic acids is 1. The molecule has 0 saturated heterocycles. The predicted molar refractivity (Wildman–Crippen MR) is 115 cm³/mol. The van der Waals surface area contributed by atoms with Crippen molar-refractivity contribution in [3.63, 3.8) is 0 Å². The van der Waals surface area contributed by atoms with Gasteiger partial charge in [-0.15, -0.1) is 0 Å². The van der Waals surface area contributed by atoms with Gasteiger partial charge in [0.15, 0.2) is 5.58 Å². The maximum Gasteiger partial charge on any atom is 0.419 e. The van der Waals surface area contributed by atoms with Crippen LogP contribution in [-0.2, 0) is 21.3 Å². The Balaban J connectivity index is 1.43. The number of oxazole rings is 1. The van der Waals surface area contributed by atoms with E-state index in [0.717, 1.165) is 18.9 Å². The Morgan fingerprint density at radius 3 is 2.68 bits per heavy atom. The quantitative estimate of drug-likeness (QED) is 0.386. The lowest BCUT2D eigenvalue weighted by Crippen LogP contribution is -2.26. The smallest absolute Gasteiger partial charge is 0.419 e. The number of aromatic nitrogens is 1. The van der Waals surface area contributed by atoms with Gasteiger partial charge in [-0.1, -0.05) is 35.3 Å². The van der Waals surface area contributed by atoms with E-state index >= 15 is 0 Å². The molecule has 1 heterocycles. The van der Waals surface area contributed by atoms with Crippen molar-refractivity contribution in [3.05, 3.63) is 62.6 Å². The van der Waals surface area contributed by atoms with Crippen molar-refractivity contribution in [2.45, 2.75) is 36.7 Å². The van der Waals surface area contributed by atoms with Gasteiger partial charge in [0.05, 0.1) is 27.7 Å². The Bertz CT molecular complexity index is 1310. The van der Waals surface area contributed by atoms with Gasteiger partial charge < -0.3 is 9.15 Å². The average molecular weight is 485 g/mol. The highest BCUT2D eigenvalue weighted by Crippen LogP contribution is 2.31. The molecule has 2 aromatic carbocycles. The van der Waals surface area contributed by atoms with E-state index in [-0.39, 0.29) is 39.7 Å². The minimum absolute atomic E-state index is 0.00779. The number of para-hydroxylation sites is 2. The molecule has 0 unspecified atom stereocenters. The van der Waals surface area contributed by atoms with Crippen LogP contribution in [0.5, 0.6) is 0 Å². The van der Waals surface area contributed by atoms with E-state index in [1.54, 1.807) is 24.3 Å². The van der Waals surface area contributed by atoms with Gasteiger partial charge in [-0.3, -0.25) is 4.57 Å². The molecule has 31 heavy (non-hydrogen) atoms. The maximum absolute atomic E-state index is 12.5. The standard InChI is InChI=1S/C20H18Cl2N2O6S/c21-14-11-15(22)18(31(27,28)23-12-6-7-12)10-13(14)19(25)29-9-3-8-24-16-4-1-2-5-17(16)30-20(24)26/h1-2,4-5,10-12,23H,3,6-9H2. The summed E-state index contributed by atoms with van der Waals surface area (Å²) in [5.41, 5.74) is 1.02. The fourth-order valence-electron chi connectivity index (χ4n) is 3.07. The number of rotatable bonds is 8. The molecule has 0 bridgehead atoms. The molecule has 164 valence electrons. The summed E-state index contributed by atoms with van der Waals surface area (Å²) >= 11 is 12.1. The second-order valence-corrected chi connectivity index (χ2v) is 9.63. The topological polar surface area (TPSA) is 108 Å². The molecule has 4 rings (SSSR count). The molecule has 1 aliphatic carbocycles. The number of hydrogen-bond acceptors (Lipinski definition) is 6. The van der Waals surface area contributed by atoms with Crippen molar-refractivity contribution in [2.24, 2.45) is 0 Å². The number of aryl methyl sites for hydroxylation is 1. The van der Waals surface area contributed by atoms with Crippen LogP contribution in [0.1, 0.15) is 29.6 Å². The number of nitrogens with zero attached hydrogens (tertiary/aromatic N) is 1. The molecule has 1 aliphatic rings. The summed E-state index contributed by atoms with van der Waals surface area (Å²) in [6.45, 7) is 0.272. The lowest BCUT2D eigenvalue weighted by Gasteiger charge is -2.11. The molecule has 1 N–H and O–H groups in total. The van der Waals surface area contributed by atoms with Crippen LogP contribution >= 0.6 is 23.2 Å². The molecule has 0 amide bonds. The minimum Gasteiger partial charge on any atom is -0.462 e. The normalized spacial score (nSPS) is 14.1. The molecule has 0 aliphatic heterocycles. The molecule has 8 nitrogen and oxygen atoms in total. The zero-order valence-corrected chi connectivity index (χ0v) is 18.5. The number of fused-ring (bicyclic) bond motifs is 1. The number of halogens is 2. The van der Waals surface area contributed by atoms with E-state index in [4.69, 9.17) is 32.4 Å². The number of carbonyl (C=O) groups is 1. The van der Waals surface area contributed by atoms with Gasteiger partial charge in [-0.05, 0) is 43.5 Å². The first-order valence-electron chi connectivity index (χ1n) is 9.53. The van der Waals surface area contributed by atoms with Crippen LogP contribution in [0.15, 0.2) is 50.5 Å². The van der Waals surface area contributed by atoms with Crippen LogP contribution < -0.4 is 10.5 Å². The zero-order valence-electron chi connectivity index (χ0n) is 16.1. The Hall–Kier alpha value is -2.33. The van der Waals surface area contributed by atoms with Crippen molar-refractivity contribution in [2.75, 3.05) is 6.61 Å². The number of hydrogen-bond donors (Lipinski definition) is 1. The van der Waals surface area contributed by atoms with Crippen LogP contribution in [0.2, 0.25) is 10.0 Å². The number of ether oxygens (including phenoxy) is 1. The van der Waals surface area contributed by atoms with Crippen LogP contribution in [0.4, 0.5) is 0 Å². The molecular formula is C20H18Cl2N2O6S. The molecule has 1 aromatic heterocycles. The van der Waals surface area contributed by atoms with E-state index in [2.05, 4.69) is 4.72 Å². The monoisotopic (exact) mass is 484 g/mol. The molecule has 0 spiro atoms. The fourth-order valence-corrected chi connectivity index (χ4v) is 5.22. The molecule has 0 radical (unpaired) electrons. The lowest BCUT2D eigenvalue weighted by molar-refractivity contribution is 0.0496.